The van der Waals surface area contributed by atoms with Crippen LogP contribution in [0.5, 0.6) is 5.75 Å². The van der Waals surface area contributed by atoms with Crippen molar-refractivity contribution in [3.63, 3.8) is 0 Å². The van der Waals surface area contributed by atoms with Crippen molar-refractivity contribution in [2.45, 2.75) is 12.0 Å². The Balaban J connectivity index is 2.07. The second kappa shape index (κ2) is 4.94. The van der Waals surface area contributed by atoms with Gasteiger partial charge in [-0.25, -0.2) is 0 Å². The Hall–Kier alpha value is -1.26. The third-order valence-corrected chi connectivity index (χ3v) is 3.43. The number of methoxy groups -OCH3 is 1. The van der Waals surface area contributed by atoms with Gasteiger partial charge in [-0.05, 0) is 37.7 Å². The molecule has 4 nitrogen and oxygen atoms in total. The third-order valence-electron chi connectivity index (χ3n) is 3.43. The molecule has 1 aromatic rings. The molecule has 1 heterocycles. The molecular formula is C13H21N3O. The van der Waals surface area contributed by atoms with Crippen LogP contribution in [-0.2, 0) is 0 Å². The first-order chi connectivity index (χ1) is 8.17. The smallest absolute Gasteiger partial charge is 0.119 e. The summed E-state index contributed by atoms with van der Waals surface area (Å²) in [4.78, 5) is 2.31. The Morgan fingerprint density at radius 1 is 1.41 bits per heavy atom. The first-order valence-corrected chi connectivity index (χ1v) is 5.98. The van der Waals surface area contributed by atoms with Crippen LogP contribution in [0.1, 0.15) is 6.42 Å². The summed E-state index contributed by atoms with van der Waals surface area (Å²) in [7, 11) is 3.81. The largest absolute Gasteiger partial charge is 0.497 e. The number of benzene rings is 1. The molecule has 1 aliphatic heterocycles. The lowest BCUT2D eigenvalue weighted by atomic mass is 9.98. The Kier molecular flexibility index (Phi) is 3.54. The van der Waals surface area contributed by atoms with E-state index in [-0.39, 0.29) is 5.54 Å². The highest BCUT2D eigenvalue weighted by atomic mass is 16.5. The Bertz CT molecular complexity index is 365. The Morgan fingerprint density at radius 3 is 2.59 bits per heavy atom. The van der Waals surface area contributed by atoms with Gasteiger partial charge in [-0.15, -0.1) is 0 Å². The maximum absolute atomic E-state index is 5.92. The number of hydrogen-bond acceptors (Lipinski definition) is 4. The quantitative estimate of drug-likeness (QED) is 0.821. The molecule has 1 saturated heterocycles. The number of rotatable bonds is 4. The van der Waals surface area contributed by atoms with Gasteiger partial charge >= 0.3 is 0 Å². The monoisotopic (exact) mass is 235 g/mol. The van der Waals surface area contributed by atoms with Crippen LogP contribution in [-0.4, -0.2) is 44.2 Å². The van der Waals surface area contributed by atoms with Crippen LogP contribution in [0.25, 0.3) is 0 Å². The molecule has 94 valence electrons. The molecule has 1 fully saturated rings. The summed E-state index contributed by atoms with van der Waals surface area (Å²) in [6.07, 6.45) is 1.09. The van der Waals surface area contributed by atoms with Crippen LogP contribution in [0, 0.1) is 0 Å². The van der Waals surface area contributed by atoms with Crippen LogP contribution in [0.2, 0.25) is 0 Å². The standard InChI is InChI=1S/C13H21N3O/c1-16-8-7-13(9-14,10-16)15-11-3-5-12(17-2)6-4-11/h3-6,15H,7-10,14H2,1-2H3. The predicted octanol–water partition coefficient (Wildman–Crippen LogP) is 1.14. The molecule has 17 heavy (non-hydrogen) atoms. The summed E-state index contributed by atoms with van der Waals surface area (Å²) in [5.41, 5.74) is 7.04. The van der Waals surface area contributed by atoms with Gasteiger partial charge in [-0.1, -0.05) is 0 Å². The summed E-state index contributed by atoms with van der Waals surface area (Å²) in [5.74, 6) is 0.876. The van der Waals surface area contributed by atoms with Gasteiger partial charge in [0.1, 0.15) is 5.75 Å². The summed E-state index contributed by atoms with van der Waals surface area (Å²) in [6.45, 7) is 2.75. The molecule has 0 saturated carbocycles. The van der Waals surface area contributed by atoms with Crippen LogP contribution in [0.3, 0.4) is 0 Å². The molecule has 0 spiro atoms. The van der Waals surface area contributed by atoms with Gasteiger partial charge in [-0.3, -0.25) is 0 Å². The van der Waals surface area contributed by atoms with E-state index in [0.717, 1.165) is 30.9 Å². The van der Waals surface area contributed by atoms with Crippen LogP contribution >= 0.6 is 0 Å². The SMILES string of the molecule is COc1ccc(NC2(CN)CCN(C)C2)cc1. The van der Waals surface area contributed by atoms with Gasteiger partial charge in [0.05, 0.1) is 12.6 Å². The highest BCUT2D eigenvalue weighted by Gasteiger charge is 2.35. The van der Waals surface area contributed by atoms with Crippen molar-refractivity contribution in [1.82, 2.24) is 4.90 Å². The van der Waals surface area contributed by atoms with Crippen molar-refractivity contribution in [3.8, 4) is 5.75 Å². The molecule has 2 rings (SSSR count). The van der Waals surface area contributed by atoms with Crippen molar-refractivity contribution in [1.29, 1.82) is 0 Å². The minimum absolute atomic E-state index is 0.0172. The van der Waals surface area contributed by atoms with Gasteiger partial charge in [0.25, 0.3) is 0 Å². The zero-order valence-corrected chi connectivity index (χ0v) is 10.6. The summed E-state index contributed by atoms with van der Waals surface area (Å²) in [5, 5.41) is 3.56. The first kappa shape index (κ1) is 12.2. The van der Waals surface area contributed by atoms with Crippen molar-refractivity contribution in [2.24, 2.45) is 5.73 Å². The number of hydrogen-bond donors (Lipinski definition) is 2. The van der Waals surface area contributed by atoms with E-state index in [1.165, 1.54) is 0 Å². The molecule has 4 heteroatoms. The molecular weight excluding hydrogens is 214 g/mol. The lowest BCUT2D eigenvalue weighted by molar-refractivity contribution is 0.385. The van der Waals surface area contributed by atoms with Gasteiger partial charge in [0.15, 0.2) is 0 Å². The number of nitrogens with zero attached hydrogens (tertiary/aromatic N) is 1. The normalized spacial score (nSPS) is 24.9. The van der Waals surface area contributed by atoms with Crippen LogP contribution < -0.4 is 15.8 Å². The molecule has 1 aromatic carbocycles. The molecule has 0 amide bonds. The molecule has 1 unspecified atom stereocenters. The van der Waals surface area contributed by atoms with Crippen molar-refractivity contribution < 1.29 is 4.74 Å². The summed E-state index contributed by atoms with van der Waals surface area (Å²) in [6, 6.07) is 8.00. The maximum atomic E-state index is 5.92. The fourth-order valence-electron chi connectivity index (χ4n) is 2.38. The second-order valence-electron chi connectivity index (χ2n) is 4.83. The number of nitrogens with one attached hydrogen (secondary N) is 1. The van der Waals surface area contributed by atoms with E-state index in [1.54, 1.807) is 7.11 Å². The average Bonchev–Trinajstić information content (AvgIpc) is 2.72. The summed E-state index contributed by atoms with van der Waals surface area (Å²) < 4.78 is 5.15. The number of ether oxygens (including phenoxy) is 1. The number of nitrogens with two attached hydrogens (primary N) is 1. The zero-order chi connectivity index (χ0) is 12.3. The molecule has 0 bridgehead atoms. The van der Waals surface area contributed by atoms with Crippen LogP contribution in [0.4, 0.5) is 5.69 Å². The van der Waals surface area contributed by atoms with Gasteiger partial charge < -0.3 is 20.7 Å². The molecule has 1 aliphatic rings. The Labute approximate surface area is 103 Å². The third kappa shape index (κ3) is 2.70. The highest BCUT2D eigenvalue weighted by Crippen LogP contribution is 2.25. The average molecular weight is 235 g/mol. The van der Waals surface area contributed by atoms with Gasteiger partial charge in [0.2, 0.25) is 0 Å². The van der Waals surface area contributed by atoms with E-state index in [4.69, 9.17) is 10.5 Å². The molecule has 0 radical (unpaired) electrons. The lowest BCUT2D eigenvalue weighted by Gasteiger charge is -2.30. The fourth-order valence-corrected chi connectivity index (χ4v) is 2.38. The van der Waals surface area contributed by atoms with E-state index >= 15 is 0 Å². The predicted molar refractivity (Wildman–Crippen MR) is 70.5 cm³/mol. The fraction of sp³-hybridized carbons (Fsp3) is 0.538. The van der Waals surface area contributed by atoms with Crippen molar-refractivity contribution in [3.05, 3.63) is 24.3 Å². The molecule has 3 N–H and O–H groups in total. The number of anilines is 1. The van der Waals surface area contributed by atoms with Crippen molar-refractivity contribution in [2.75, 3.05) is 39.1 Å². The van der Waals surface area contributed by atoms with Crippen LogP contribution in [0.15, 0.2) is 24.3 Å². The molecule has 1 atom stereocenters. The van der Waals surface area contributed by atoms with E-state index in [0.29, 0.717) is 6.54 Å². The van der Waals surface area contributed by atoms with E-state index < -0.39 is 0 Å². The van der Waals surface area contributed by atoms with E-state index in [9.17, 15) is 0 Å². The maximum Gasteiger partial charge on any atom is 0.119 e. The van der Waals surface area contributed by atoms with E-state index in [2.05, 4.69) is 17.3 Å². The van der Waals surface area contributed by atoms with Gasteiger partial charge in [0, 0.05) is 25.3 Å². The topological polar surface area (TPSA) is 50.5 Å². The molecule has 0 aliphatic carbocycles. The van der Waals surface area contributed by atoms with E-state index in [1.807, 2.05) is 24.3 Å². The van der Waals surface area contributed by atoms with Gasteiger partial charge in [-0.2, -0.15) is 0 Å². The number of likely N-dealkylation sites (N-methyl/N-ethyl adjacent to an activating group) is 1. The molecule has 0 aromatic heterocycles. The minimum atomic E-state index is 0.0172. The zero-order valence-electron chi connectivity index (χ0n) is 10.6. The first-order valence-electron chi connectivity index (χ1n) is 5.98. The lowest BCUT2D eigenvalue weighted by Crippen LogP contribution is -2.47. The number of likely N-dealkylation sites (tertiary alicyclic amines) is 1. The minimum Gasteiger partial charge on any atom is -0.497 e. The van der Waals surface area contributed by atoms with Crippen molar-refractivity contribution >= 4 is 5.69 Å². The summed E-state index contributed by atoms with van der Waals surface area (Å²) >= 11 is 0. The Morgan fingerprint density at radius 2 is 2.12 bits per heavy atom. The second-order valence-corrected chi connectivity index (χ2v) is 4.83. The highest BCUT2D eigenvalue weighted by molar-refractivity contribution is 5.49.